The Morgan fingerprint density at radius 1 is 1.29 bits per heavy atom. The van der Waals surface area contributed by atoms with Crippen molar-refractivity contribution in [2.45, 2.75) is 40.2 Å². The van der Waals surface area contributed by atoms with E-state index in [0.717, 1.165) is 16.1 Å². The summed E-state index contributed by atoms with van der Waals surface area (Å²) in [6.07, 6.45) is 0.480. The lowest BCUT2D eigenvalue weighted by Crippen LogP contribution is -3.18. The summed E-state index contributed by atoms with van der Waals surface area (Å²) in [6.45, 7) is 8.64. The van der Waals surface area contributed by atoms with Gasteiger partial charge in [-0.2, -0.15) is 0 Å². The molecule has 1 aliphatic heterocycles. The van der Waals surface area contributed by atoms with Crippen LogP contribution in [0.15, 0.2) is 12.1 Å². The van der Waals surface area contributed by atoms with Crippen LogP contribution in [0.3, 0.4) is 0 Å². The summed E-state index contributed by atoms with van der Waals surface area (Å²) in [7, 11) is 3.40. The third kappa shape index (κ3) is 4.30. The van der Waals surface area contributed by atoms with Gasteiger partial charge in [0.15, 0.2) is 6.54 Å². The van der Waals surface area contributed by atoms with Gasteiger partial charge in [-0.15, -0.1) is 0 Å². The first kappa shape index (κ1) is 22.8. The number of Topliss-reactive ketones (excluding diaryl/α,β-unsaturated/α-hetero) is 1. The fourth-order valence-electron chi connectivity index (χ4n) is 4.37. The van der Waals surface area contributed by atoms with E-state index in [1.165, 1.54) is 7.11 Å². The number of amides is 1. The van der Waals surface area contributed by atoms with Gasteiger partial charge in [0, 0.05) is 18.1 Å². The Labute approximate surface area is 182 Å². The number of ketones is 1. The molecule has 0 spiro atoms. The number of anilines is 1. The SMILES string of the molecule is CCOC(=O)c1c(C)n(C)c2ccc(OC)c(NC(=O)C[NH+]3C[C@H](C)C(=O)C[C@@H]3C)c12. The molecule has 8 heteroatoms. The number of fused-ring (bicyclic) bond motifs is 1. The topological polar surface area (TPSA) is 91.1 Å². The van der Waals surface area contributed by atoms with Gasteiger partial charge in [0.1, 0.15) is 11.5 Å². The maximum absolute atomic E-state index is 13.0. The number of rotatable bonds is 6. The number of carbonyl (C=O) groups excluding carboxylic acids is 3. The molecule has 0 radical (unpaired) electrons. The molecule has 1 amide bonds. The molecule has 0 saturated carbocycles. The standard InChI is InChI=1S/C23H31N3O5/c1-7-31-23(29)20-15(4)25(5)16-8-9-18(30-6)22(21(16)20)24-19(28)12-26-11-13(2)17(27)10-14(26)3/h8-9,13-14H,7,10-12H2,1-6H3,(H,24,28)/p+1/t13-,14-/m0/s1. The molecule has 0 aliphatic carbocycles. The van der Waals surface area contributed by atoms with Crippen LogP contribution in [0, 0.1) is 12.8 Å². The number of benzene rings is 1. The van der Waals surface area contributed by atoms with E-state index in [4.69, 9.17) is 9.47 Å². The van der Waals surface area contributed by atoms with E-state index in [2.05, 4.69) is 5.32 Å². The molecule has 2 N–H and O–H groups in total. The summed E-state index contributed by atoms with van der Waals surface area (Å²) in [5.41, 5.74) is 2.44. The van der Waals surface area contributed by atoms with Crippen molar-refractivity contribution in [2.24, 2.45) is 13.0 Å². The number of esters is 1. The van der Waals surface area contributed by atoms with Gasteiger partial charge in [-0.3, -0.25) is 9.59 Å². The lowest BCUT2D eigenvalue weighted by atomic mass is 9.93. The van der Waals surface area contributed by atoms with Gasteiger partial charge in [0.25, 0.3) is 5.91 Å². The van der Waals surface area contributed by atoms with Crippen molar-refractivity contribution >= 4 is 34.3 Å². The van der Waals surface area contributed by atoms with Crippen LogP contribution in [0.4, 0.5) is 5.69 Å². The Hall–Kier alpha value is -2.87. The predicted octanol–water partition coefficient (Wildman–Crippen LogP) is 1.49. The fraction of sp³-hybridized carbons (Fsp3) is 0.522. The molecule has 168 valence electrons. The summed E-state index contributed by atoms with van der Waals surface area (Å²) < 4.78 is 12.7. The molecule has 31 heavy (non-hydrogen) atoms. The summed E-state index contributed by atoms with van der Waals surface area (Å²) in [5, 5.41) is 3.59. The summed E-state index contributed by atoms with van der Waals surface area (Å²) in [4.78, 5) is 38.8. The van der Waals surface area contributed by atoms with E-state index in [9.17, 15) is 14.4 Å². The molecule has 1 unspecified atom stereocenters. The van der Waals surface area contributed by atoms with Crippen molar-refractivity contribution in [3.63, 3.8) is 0 Å². The smallest absolute Gasteiger partial charge is 0.340 e. The third-order valence-corrected chi connectivity index (χ3v) is 6.30. The molecule has 3 rings (SSSR count). The minimum absolute atomic E-state index is 0.0517. The molecule has 1 saturated heterocycles. The van der Waals surface area contributed by atoms with Gasteiger partial charge < -0.3 is 24.3 Å². The second-order valence-electron chi connectivity index (χ2n) is 8.34. The average Bonchev–Trinajstić information content (AvgIpc) is 2.97. The predicted molar refractivity (Wildman–Crippen MR) is 118 cm³/mol. The van der Waals surface area contributed by atoms with E-state index in [1.807, 2.05) is 38.5 Å². The highest BCUT2D eigenvalue weighted by Crippen LogP contribution is 2.38. The Morgan fingerprint density at radius 3 is 2.65 bits per heavy atom. The molecule has 2 heterocycles. The van der Waals surface area contributed by atoms with Crippen LogP contribution in [0.5, 0.6) is 5.75 Å². The van der Waals surface area contributed by atoms with Crippen LogP contribution >= 0.6 is 0 Å². The van der Waals surface area contributed by atoms with E-state index in [0.29, 0.717) is 35.4 Å². The van der Waals surface area contributed by atoms with E-state index in [-0.39, 0.29) is 36.8 Å². The monoisotopic (exact) mass is 430 g/mol. The van der Waals surface area contributed by atoms with Crippen LogP contribution < -0.4 is 15.0 Å². The van der Waals surface area contributed by atoms with Crippen LogP contribution in [0.25, 0.3) is 10.9 Å². The normalized spacial score (nSPS) is 21.2. The van der Waals surface area contributed by atoms with Crippen LogP contribution in [-0.2, 0) is 21.4 Å². The Kier molecular flexibility index (Phi) is 6.69. The molecule has 2 aromatic rings. The van der Waals surface area contributed by atoms with E-state index in [1.54, 1.807) is 13.0 Å². The first-order chi connectivity index (χ1) is 14.7. The summed E-state index contributed by atoms with van der Waals surface area (Å²) >= 11 is 0. The van der Waals surface area contributed by atoms with E-state index >= 15 is 0 Å². The molecule has 0 bridgehead atoms. The van der Waals surface area contributed by atoms with Gasteiger partial charge in [-0.05, 0) is 32.9 Å². The highest BCUT2D eigenvalue weighted by atomic mass is 16.5. The second kappa shape index (κ2) is 9.09. The van der Waals surface area contributed by atoms with Gasteiger partial charge in [0.05, 0.1) is 55.4 Å². The number of carbonyl (C=O) groups is 3. The number of aromatic nitrogens is 1. The minimum atomic E-state index is -0.433. The fourth-order valence-corrected chi connectivity index (χ4v) is 4.37. The molecule has 1 aliphatic rings. The molecule has 3 atom stereocenters. The number of nitrogens with one attached hydrogen (secondary N) is 2. The number of methoxy groups -OCH3 is 1. The summed E-state index contributed by atoms with van der Waals surface area (Å²) in [5.74, 6) is 0.0517. The first-order valence-corrected chi connectivity index (χ1v) is 10.7. The second-order valence-corrected chi connectivity index (χ2v) is 8.34. The number of hydrogen-bond donors (Lipinski definition) is 2. The Morgan fingerprint density at radius 2 is 2.00 bits per heavy atom. The molecule has 8 nitrogen and oxygen atoms in total. The number of nitrogens with zero attached hydrogens (tertiary/aromatic N) is 1. The van der Waals surface area contributed by atoms with Crippen LogP contribution in [-0.4, -0.2) is 55.1 Å². The van der Waals surface area contributed by atoms with Gasteiger partial charge in [-0.1, -0.05) is 6.92 Å². The Balaban J connectivity index is 1.99. The number of ether oxygens (including phenoxy) is 2. The zero-order valence-electron chi connectivity index (χ0n) is 19.1. The molecule has 1 fully saturated rings. The van der Waals surface area contributed by atoms with Gasteiger partial charge >= 0.3 is 5.97 Å². The highest BCUT2D eigenvalue weighted by molar-refractivity contribution is 6.14. The zero-order valence-corrected chi connectivity index (χ0v) is 19.1. The highest BCUT2D eigenvalue weighted by Gasteiger charge is 2.34. The van der Waals surface area contributed by atoms with Crippen molar-refractivity contribution in [2.75, 3.05) is 32.1 Å². The first-order valence-electron chi connectivity index (χ1n) is 10.7. The van der Waals surface area contributed by atoms with Crippen molar-refractivity contribution in [3.8, 4) is 5.75 Å². The molecular weight excluding hydrogens is 398 g/mol. The van der Waals surface area contributed by atoms with Crippen molar-refractivity contribution in [3.05, 3.63) is 23.4 Å². The van der Waals surface area contributed by atoms with Gasteiger partial charge in [0.2, 0.25) is 0 Å². The zero-order chi connectivity index (χ0) is 22.9. The number of aryl methyl sites for hydroxylation is 1. The molecule has 1 aromatic carbocycles. The van der Waals surface area contributed by atoms with Gasteiger partial charge in [-0.25, -0.2) is 4.79 Å². The quantitative estimate of drug-likeness (QED) is 0.678. The lowest BCUT2D eigenvalue weighted by molar-refractivity contribution is -0.920. The Bertz CT molecular complexity index is 1030. The molecular formula is C23H32N3O5+. The van der Waals surface area contributed by atoms with Crippen molar-refractivity contribution in [1.29, 1.82) is 0 Å². The van der Waals surface area contributed by atoms with Crippen LogP contribution in [0.1, 0.15) is 43.2 Å². The number of likely N-dealkylation sites (tertiary alicyclic amines) is 1. The number of hydrogen-bond acceptors (Lipinski definition) is 5. The minimum Gasteiger partial charge on any atom is -0.495 e. The largest absolute Gasteiger partial charge is 0.495 e. The molecule has 1 aromatic heterocycles. The number of quaternary nitrogens is 1. The van der Waals surface area contributed by atoms with Crippen molar-refractivity contribution < 1.29 is 28.8 Å². The maximum atomic E-state index is 13.0. The average molecular weight is 431 g/mol. The van der Waals surface area contributed by atoms with Crippen LogP contribution in [0.2, 0.25) is 0 Å². The number of piperidine rings is 1. The van der Waals surface area contributed by atoms with E-state index < -0.39 is 5.97 Å². The lowest BCUT2D eigenvalue weighted by Gasteiger charge is -2.32. The van der Waals surface area contributed by atoms with Crippen molar-refractivity contribution in [1.82, 2.24) is 4.57 Å². The summed E-state index contributed by atoms with van der Waals surface area (Å²) in [6, 6.07) is 3.73. The maximum Gasteiger partial charge on any atom is 0.340 e. The third-order valence-electron chi connectivity index (χ3n) is 6.30.